The lowest BCUT2D eigenvalue weighted by Crippen LogP contribution is -2.43. The molecule has 5 heteroatoms. The van der Waals surface area contributed by atoms with Crippen LogP contribution in [0, 0.1) is 5.41 Å². The fraction of sp³-hybridized carbons (Fsp3) is 0.889. The van der Waals surface area contributed by atoms with Crippen molar-refractivity contribution < 1.29 is 9.50 Å². The number of alkyl halides is 1. The Bertz CT molecular complexity index is 200. The largest absolute Gasteiger partial charge is 0.381 e. The van der Waals surface area contributed by atoms with E-state index in [2.05, 4.69) is 5.32 Å². The van der Waals surface area contributed by atoms with Gasteiger partial charge in [-0.25, -0.2) is 4.39 Å². The SMILES string of the molecule is CC(=N)CCN(CO)C1CNCC1F. The monoisotopic (exact) mass is 203 g/mol. The molecular formula is C9H18FN3O. The Balaban J connectivity index is 2.40. The molecule has 0 amide bonds. The second kappa shape index (κ2) is 5.38. The Morgan fingerprint density at radius 3 is 2.79 bits per heavy atom. The number of hydrogen-bond acceptors (Lipinski definition) is 4. The van der Waals surface area contributed by atoms with E-state index in [1.165, 1.54) is 0 Å². The van der Waals surface area contributed by atoms with Crippen molar-refractivity contribution in [3.8, 4) is 0 Å². The highest BCUT2D eigenvalue weighted by atomic mass is 19.1. The van der Waals surface area contributed by atoms with Gasteiger partial charge in [0.05, 0.1) is 12.8 Å². The van der Waals surface area contributed by atoms with E-state index in [1.54, 1.807) is 11.8 Å². The Labute approximate surface area is 83.6 Å². The van der Waals surface area contributed by atoms with Gasteiger partial charge in [-0.1, -0.05) is 0 Å². The van der Waals surface area contributed by atoms with E-state index in [0.717, 1.165) is 0 Å². The number of hydrogen-bond donors (Lipinski definition) is 3. The molecule has 0 radical (unpaired) electrons. The summed E-state index contributed by atoms with van der Waals surface area (Å²) in [7, 11) is 0. The molecule has 4 nitrogen and oxygen atoms in total. The van der Waals surface area contributed by atoms with Gasteiger partial charge in [-0.3, -0.25) is 4.90 Å². The highest BCUT2D eigenvalue weighted by molar-refractivity contribution is 5.78. The average molecular weight is 203 g/mol. The lowest BCUT2D eigenvalue weighted by Gasteiger charge is -2.27. The smallest absolute Gasteiger partial charge is 0.129 e. The van der Waals surface area contributed by atoms with Gasteiger partial charge in [0, 0.05) is 25.3 Å². The lowest BCUT2D eigenvalue weighted by molar-refractivity contribution is 0.0508. The standard InChI is InChI=1S/C9H18FN3O/c1-7(11)2-3-13(6-14)9-5-12-4-8(9)10/h8-9,11-12,14H,2-6H2,1H3. The molecule has 1 saturated heterocycles. The maximum atomic E-state index is 13.3. The van der Waals surface area contributed by atoms with Crippen molar-refractivity contribution in [2.45, 2.75) is 25.6 Å². The molecule has 1 rings (SSSR count). The van der Waals surface area contributed by atoms with Crippen molar-refractivity contribution in [2.24, 2.45) is 0 Å². The van der Waals surface area contributed by atoms with Gasteiger partial charge in [0.2, 0.25) is 0 Å². The Kier molecular flexibility index (Phi) is 4.44. The van der Waals surface area contributed by atoms with E-state index in [-0.39, 0.29) is 12.8 Å². The van der Waals surface area contributed by atoms with Crippen LogP contribution in [0.2, 0.25) is 0 Å². The molecule has 82 valence electrons. The summed E-state index contributed by atoms with van der Waals surface area (Å²) in [4.78, 5) is 1.68. The van der Waals surface area contributed by atoms with Gasteiger partial charge in [0.25, 0.3) is 0 Å². The maximum Gasteiger partial charge on any atom is 0.129 e. The minimum Gasteiger partial charge on any atom is -0.381 e. The van der Waals surface area contributed by atoms with Gasteiger partial charge in [0.15, 0.2) is 0 Å². The van der Waals surface area contributed by atoms with E-state index in [4.69, 9.17) is 10.5 Å². The van der Waals surface area contributed by atoms with Gasteiger partial charge < -0.3 is 15.8 Å². The normalized spacial score (nSPS) is 27.1. The van der Waals surface area contributed by atoms with Crippen molar-refractivity contribution in [3.05, 3.63) is 0 Å². The van der Waals surface area contributed by atoms with E-state index < -0.39 is 6.17 Å². The number of aliphatic hydroxyl groups excluding tert-OH is 1. The van der Waals surface area contributed by atoms with Crippen LogP contribution >= 0.6 is 0 Å². The fourth-order valence-electron chi connectivity index (χ4n) is 1.64. The molecule has 0 spiro atoms. The molecule has 0 aliphatic carbocycles. The molecule has 3 N–H and O–H groups in total. The molecule has 0 aromatic carbocycles. The highest BCUT2D eigenvalue weighted by Gasteiger charge is 2.31. The van der Waals surface area contributed by atoms with Crippen LogP contribution in [0.1, 0.15) is 13.3 Å². The van der Waals surface area contributed by atoms with Crippen LogP contribution in [-0.4, -0.2) is 54.3 Å². The van der Waals surface area contributed by atoms with Gasteiger partial charge in [-0.05, 0) is 13.3 Å². The van der Waals surface area contributed by atoms with Gasteiger partial charge in [-0.15, -0.1) is 0 Å². The third kappa shape index (κ3) is 3.01. The molecule has 1 aliphatic rings. The Hall–Kier alpha value is -0.520. The summed E-state index contributed by atoms with van der Waals surface area (Å²) in [6.07, 6.45) is -0.322. The second-order valence-corrected chi connectivity index (χ2v) is 3.73. The summed E-state index contributed by atoms with van der Waals surface area (Å²) < 4.78 is 13.3. The van der Waals surface area contributed by atoms with Gasteiger partial charge >= 0.3 is 0 Å². The molecule has 14 heavy (non-hydrogen) atoms. The first-order valence-electron chi connectivity index (χ1n) is 4.89. The minimum absolute atomic E-state index is 0.139. The van der Waals surface area contributed by atoms with E-state index in [1.807, 2.05) is 0 Å². The third-order valence-corrected chi connectivity index (χ3v) is 2.54. The summed E-state index contributed by atoms with van der Waals surface area (Å²) in [5, 5.41) is 19.3. The zero-order valence-corrected chi connectivity index (χ0v) is 8.46. The molecule has 1 aliphatic heterocycles. The predicted octanol–water partition coefficient (Wildman–Crippen LogP) is -0.0221. The molecule has 2 atom stereocenters. The van der Waals surface area contributed by atoms with Crippen molar-refractivity contribution in [1.29, 1.82) is 5.41 Å². The third-order valence-electron chi connectivity index (χ3n) is 2.54. The molecule has 0 bridgehead atoms. The van der Waals surface area contributed by atoms with E-state index >= 15 is 0 Å². The second-order valence-electron chi connectivity index (χ2n) is 3.73. The Morgan fingerprint density at radius 2 is 2.36 bits per heavy atom. The van der Waals surface area contributed by atoms with E-state index in [0.29, 0.717) is 31.8 Å². The first-order valence-corrected chi connectivity index (χ1v) is 4.89. The van der Waals surface area contributed by atoms with Crippen LogP contribution in [0.15, 0.2) is 0 Å². The number of rotatable bonds is 5. The fourth-order valence-corrected chi connectivity index (χ4v) is 1.64. The molecule has 0 aromatic heterocycles. The maximum absolute atomic E-state index is 13.3. The van der Waals surface area contributed by atoms with Crippen molar-refractivity contribution in [2.75, 3.05) is 26.4 Å². The zero-order valence-electron chi connectivity index (χ0n) is 8.46. The van der Waals surface area contributed by atoms with Crippen LogP contribution in [0.5, 0.6) is 0 Å². The van der Waals surface area contributed by atoms with Crippen LogP contribution in [0.25, 0.3) is 0 Å². The van der Waals surface area contributed by atoms with Crippen molar-refractivity contribution >= 4 is 5.71 Å². The molecule has 1 heterocycles. The van der Waals surface area contributed by atoms with Crippen molar-refractivity contribution in [1.82, 2.24) is 10.2 Å². The lowest BCUT2D eigenvalue weighted by atomic mass is 10.2. The minimum atomic E-state index is -0.909. The Morgan fingerprint density at radius 1 is 1.64 bits per heavy atom. The summed E-state index contributed by atoms with van der Waals surface area (Å²) >= 11 is 0. The topological polar surface area (TPSA) is 59.4 Å². The number of nitrogens with one attached hydrogen (secondary N) is 2. The number of aliphatic hydroxyl groups is 1. The first kappa shape index (κ1) is 11.6. The highest BCUT2D eigenvalue weighted by Crippen LogP contribution is 2.12. The molecular weight excluding hydrogens is 185 g/mol. The molecule has 0 saturated carbocycles. The summed E-state index contributed by atoms with van der Waals surface area (Å²) in [5.74, 6) is 0. The summed E-state index contributed by atoms with van der Waals surface area (Å²) in [6.45, 7) is 3.08. The van der Waals surface area contributed by atoms with Crippen LogP contribution in [0.3, 0.4) is 0 Å². The zero-order chi connectivity index (χ0) is 10.6. The quantitative estimate of drug-likeness (QED) is 0.434. The molecule has 0 aromatic rings. The predicted molar refractivity (Wildman–Crippen MR) is 53.4 cm³/mol. The first-order chi connectivity index (χ1) is 6.65. The van der Waals surface area contributed by atoms with Crippen molar-refractivity contribution in [3.63, 3.8) is 0 Å². The number of halogens is 1. The molecule has 2 unspecified atom stereocenters. The van der Waals surface area contributed by atoms with E-state index in [9.17, 15) is 4.39 Å². The van der Waals surface area contributed by atoms with Gasteiger partial charge in [0.1, 0.15) is 6.17 Å². The summed E-state index contributed by atoms with van der Waals surface area (Å²) in [5.41, 5.74) is 0.560. The average Bonchev–Trinajstić information content (AvgIpc) is 2.53. The van der Waals surface area contributed by atoms with Gasteiger partial charge in [-0.2, -0.15) is 0 Å². The van der Waals surface area contributed by atoms with Crippen LogP contribution < -0.4 is 5.32 Å². The van der Waals surface area contributed by atoms with Crippen LogP contribution in [-0.2, 0) is 0 Å². The summed E-state index contributed by atoms with van der Waals surface area (Å²) in [6, 6.07) is -0.237. The van der Waals surface area contributed by atoms with Crippen LogP contribution in [0.4, 0.5) is 4.39 Å². The number of nitrogens with zero attached hydrogens (tertiary/aromatic N) is 1. The molecule has 1 fully saturated rings.